The van der Waals surface area contributed by atoms with E-state index in [1.165, 1.54) is 0 Å². The number of halogens is 1. The highest BCUT2D eigenvalue weighted by atomic mass is 79.9. The van der Waals surface area contributed by atoms with Gasteiger partial charge in [0, 0.05) is 16.3 Å². The maximum Gasteiger partial charge on any atom is 0.355 e. The minimum Gasteiger partial charge on any atom is -0.461 e. The number of aldehydes is 1. The van der Waals surface area contributed by atoms with Gasteiger partial charge in [-0.15, -0.1) is 0 Å². The number of aromatic amines is 1. The summed E-state index contributed by atoms with van der Waals surface area (Å²) in [6.07, 6.45) is 1.76. The van der Waals surface area contributed by atoms with Crippen LogP contribution in [0.25, 0.3) is 10.9 Å². The van der Waals surface area contributed by atoms with Gasteiger partial charge < -0.3 is 14.5 Å². The number of esters is 1. The maximum absolute atomic E-state index is 12.0. The van der Waals surface area contributed by atoms with Crippen molar-refractivity contribution in [3.8, 4) is 0 Å². The van der Waals surface area contributed by atoms with Crippen LogP contribution < -0.4 is 0 Å². The molecule has 1 heterocycles. The number of fused-ring (bicyclic) bond motifs is 1. The minimum absolute atomic E-state index is 0.322. The highest BCUT2D eigenvalue weighted by Crippen LogP contribution is 2.29. The molecule has 0 aliphatic heterocycles. The van der Waals surface area contributed by atoms with Crippen molar-refractivity contribution in [1.29, 1.82) is 0 Å². The summed E-state index contributed by atoms with van der Waals surface area (Å²) in [5, 5.41) is 0.944. The lowest BCUT2D eigenvalue weighted by atomic mass is 10.1. The minimum atomic E-state index is -0.383. The summed E-state index contributed by atoms with van der Waals surface area (Å²) in [6, 6.07) is 5.73. The number of carbonyl (C=O) groups excluding carboxylic acids is 2. The molecule has 0 spiro atoms. The summed E-state index contributed by atoms with van der Waals surface area (Å²) in [5.74, 6) is -0.383. The number of para-hydroxylation sites is 1. The Morgan fingerprint density at radius 3 is 2.95 bits per heavy atom. The van der Waals surface area contributed by atoms with E-state index in [-0.39, 0.29) is 5.97 Å². The van der Waals surface area contributed by atoms with Crippen molar-refractivity contribution in [3.05, 3.63) is 33.9 Å². The molecule has 0 saturated heterocycles. The van der Waals surface area contributed by atoms with E-state index in [0.717, 1.165) is 27.2 Å². The number of aromatic nitrogens is 1. The summed E-state index contributed by atoms with van der Waals surface area (Å²) in [4.78, 5) is 25.6. The van der Waals surface area contributed by atoms with Gasteiger partial charge in [0.25, 0.3) is 0 Å². The predicted molar refractivity (Wildman–Crippen MR) is 76.3 cm³/mol. The van der Waals surface area contributed by atoms with E-state index in [1.54, 1.807) is 6.92 Å². The number of hydrogen-bond acceptors (Lipinski definition) is 3. The highest BCUT2D eigenvalue weighted by Gasteiger charge is 2.19. The second kappa shape index (κ2) is 6.02. The molecule has 0 aliphatic rings. The first-order chi connectivity index (χ1) is 9.19. The summed E-state index contributed by atoms with van der Waals surface area (Å²) >= 11 is 3.45. The average molecular weight is 324 g/mol. The molecule has 2 aromatic rings. The summed E-state index contributed by atoms with van der Waals surface area (Å²) in [7, 11) is 0. The molecule has 0 unspecified atom stereocenters. The fourth-order valence-electron chi connectivity index (χ4n) is 2.08. The third-order valence-electron chi connectivity index (χ3n) is 2.88. The van der Waals surface area contributed by atoms with Crippen LogP contribution in [-0.4, -0.2) is 23.8 Å². The van der Waals surface area contributed by atoms with Crippen molar-refractivity contribution < 1.29 is 14.3 Å². The van der Waals surface area contributed by atoms with E-state index in [4.69, 9.17) is 4.74 Å². The van der Waals surface area contributed by atoms with E-state index in [1.807, 2.05) is 18.2 Å². The van der Waals surface area contributed by atoms with Crippen LogP contribution >= 0.6 is 15.9 Å². The molecule has 4 nitrogen and oxygen atoms in total. The van der Waals surface area contributed by atoms with E-state index in [0.29, 0.717) is 25.1 Å². The molecule has 0 aliphatic carbocycles. The second-order valence-electron chi connectivity index (χ2n) is 4.07. The van der Waals surface area contributed by atoms with Crippen molar-refractivity contribution >= 4 is 39.1 Å². The van der Waals surface area contributed by atoms with Gasteiger partial charge in [0.2, 0.25) is 0 Å². The topological polar surface area (TPSA) is 59.2 Å². The number of ether oxygens (including phenoxy) is 1. The molecule has 0 saturated carbocycles. The molecule has 1 aromatic heterocycles. The molecule has 0 atom stereocenters. The monoisotopic (exact) mass is 323 g/mol. The molecule has 0 radical (unpaired) electrons. The fourth-order valence-corrected chi connectivity index (χ4v) is 2.54. The molecule has 0 fully saturated rings. The number of benzene rings is 1. The first-order valence-corrected chi connectivity index (χ1v) is 6.88. The Bertz CT molecular complexity index is 618. The molecule has 0 bridgehead atoms. The van der Waals surface area contributed by atoms with Crippen LogP contribution in [0.3, 0.4) is 0 Å². The number of rotatable bonds is 5. The predicted octanol–water partition coefficient (Wildman–Crippen LogP) is 3.24. The van der Waals surface area contributed by atoms with Gasteiger partial charge in [-0.05, 0) is 40.9 Å². The van der Waals surface area contributed by atoms with Crippen LogP contribution in [-0.2, 0) is 16.0 Å². The van der Waals surface area contributed by atoms with E-state index >= 15 is 0 Å². The van der Waals surface area contributed by atoms with Crippen molar-refractivity contribution in [1.82, 2.24) is 4.98 Å². The van der Waals surface area contributed by atoms with Gasteiger partial charge in [-0.1, -0.05) is 12.1 Å². The highest BCUT2D eigenvalue weighted by molar-refractivity contribution is 9.10. The van der Waals surface area contributed by atoms with Gasteiger partial charge in [0.15, 0.2) is 0 Å². The van der Waals surface area contributed by atoms with Crippen molar-refractivity contribution in [2.24, 2.45) is 0 Å². The molecule has 1 N–H and O–H groups in total. The van der Waals surface area contributed by atoms with Gasteiger partial charge in [-0.2, -0.15) is 0 Å². The first-order valence-electron chi connectivity index (χ1n) is 6.08. The Hall–Kier alpha value is -1.62. The van der Waals surface area contributed by atoms with Gasteiger partial charge in [0.1, 0.15) is 12.0 Å². The summed E-state index contributed by atoms with van der Waals surface area (Å²) < 4.78 is 5.93. The zero-order chi connectivity index (χ0) is 13.8. The lowest BCUT2D eigenvalue weighted by Crippen LogP contribution is -2.08. The molecule has 0 amide bonds. The second-order valence-corrected chi connectivity index (χ2v) is 4.92. The Kier molecular flexibility index (Phi) is 4.37. The van der Waals surface area contributed by atoms with Crippen LogP contribution in [0.5, 0.6) is 0 Å². The molecule has 2 rings (SSSR count). The Morgan fingerprint density at radius 2 is 2.26 bits per heavy atom. The number of carbonyl (C=O) groups is 2. The molecule has 100 valence electrons. The number of nitrogens with one attached hydrogen (secondary N) is 1. The van der Waals surface area contributed by atoms with E-state index in [9.17, 15) is 9.59 Å². The van der Waals surface area contributed by atoms with Crippen LogP contribution in [0.1, 0.15) is 29.4 Å². The van der Waals surface area contributed by atoms with Gasteiger partial charge in [-0.3, -0.25) is 0 Å². The maximum atomic E-state index is 12.0. The standard InChI is InChI=1S/C14H14BrNO3/c1-2-19-14(18)13-10(6-4-8-17)9-5-3-7-11(15)12(9)16-13/h3,5,7-8,16H,2,4,6H2,1H3. The van der Waals surface area contributed by atoms with E-state index < -0.39 is 0 Å². The number of aryl methyl sites for hydroxylation is 1. The molecule has 19 heavy (non-hydrogen) atoms. The number of H-pyrrole nitrogens is 1. The van der Waals surface area contributed by atoms with Crippen molar-refractivity contribution in [2.75, 3.05) is 6.61 Å². The normalized spacial score (nSPS) is 10.6. The van der Waals surface area contributed by atoms with Crippen LogP contribution in [0.15, 0.2) is 22.7 Å². The summed E-state index contributed by atoms with van der Waals surface area (Å²) in [6.45, 7) is 2.09. The molecule has 1 aromatic carbocycles. The first kappa shape index (κ1) is 13.8. The lowest BCUT2D eigenvalue weighted by Gasteiger charge is -2.02. The Morgan fingerprint density at radius 1 is 1.47 bits per heavy atom. The molecule has 5 heteroatoms. The smallest absolute Gasteiger partial charge is 0.355 e. The lowest BCUT2D eigenvalue weighted by molar-refractivity contribution is -0.107. The number of hydrogen-bond donors (Lipinski definition) is 1. The quantitative estimate of drug-likeness (QED) is 0.678. The van der Waals surface area contributed by atoms with Crippen molar-refractivity contribution in [3.63, 3.8) is 0 Å². The third-order valence-corrected chi connectivity index (χ3v) is 3.54. The zero-order valence-electron chi connectivity index (χ0n) is 10.5. The Labute approximate surface area is 119 Å². The summed E-state index contributed by atoms with van der Waals surface area (Å²) in [5.41, 5.74) is 2.12. The zero-order valence-corrected chi connectivity index (χ0v) is 12.1. The third kappa shape index (κ3) is 2.71. The molecular weight excluding hydrogens is 310 g/mol. The van der Waals surface area contributed by atoms with E-state index in [2.05, 4.69) is 20.9 Å². The van der Waals surface area contributed by atoms with Crippen LogP contribution in [0, 0.1) is 0 Å². The SMILES string of the molecule is CCOC(=O)c1[nH]c2c(Br)cccc2c1CCC=O. The van der Waals surface area contributed by atoms with Gasteiger partial charge in [0.05, 0.1) is 12.1 Å². The van der Waals surface area contributed by atoms with Crippen LogP contribution in [0.4, 0.5) is 0 Å². The Balaban J connectivity index is 2.57. The van der Waals surface area contributed by atoms with Gasteiger partial charge >= 0.3 is 5.97 Å². The van der Waals surface area contributed by atoms with Gasteiger partial charge in [-0.25, -0.2) is 4.79 Å². The van der Waals surface area contributed by atoms with Crippen molar-refractivity contribution in [2.45, 2.75) is 19.8 Å². The van der Waals surface area contributed by atoms with Crippen LogP contribution in [0.2, 0.25) is 0 Å². The largest absolute Gasteiger partial charge is 0.461 e. The fraction of sp³-hybridized carbons (Fsp3) is 0.286. The molecular formula is C14H14BrNO3. The average Bonchev–Trinajstić information content (AvgIpc) is 2.77.